The lowest BCUT2D eigenvalue weighted by atomic mass is 9.92. The van der Waals surface area contributed by atoms with E-state index in [0.29, 0.717) is 0 Å². The molecule has 1 aliphatic rings. The van der Waals surface area contributed by atoms with E-state index in [9.17, 15) is 0 Å². The standard InChI is InChI=1S/C12H14N2/c1-12(2)6-5-9-4-3-7-14-11(9)10(13)8-12/h3-8H,13H2,1-2H3. The van der Waals surface area contributed by atoms with Gasteiger partial charge in [0.05, 0.1) is 11.4 Å². The first kappa shape index (κ1) is 9.00. The van der Waals surface area contributed by atoms with Crippen LogP contribution >= 0.6 is 0 Å². The summed E-state index contributed by atoms with van der Waals surface area (Å²) in [6.07, 6.45) is 8.04. The maximum atomic E-state index is 5.98. The highest BCUT2D eigenvalue weighted by Gasteiger charge is 2.16. The Labute approximate surface area is 84.2 Å². The Kier molecular flexibility index (Phi) is 1.92. The molecule has 0 radical (unpaired) electrons. The molecule has 0 spiro atoms. The van der Waals surface area contributed by atoms with Crippen molar-refractivity contribution in [2.45, 2.75) is 13.8 Å². The van der Waals surface area contributed by atoms with Gasteiger partial charge >= 0.3 is 0 Å². The molecule has 2 nitrogen and oxygen atoms in total. The van der Waals surface area contributed by atoms with Gasteiger partial charge in [-0.2, -0.15) is 0 Å². The second kappa shape index (κ2) is 2.98. The molecule has 0 aromatic carbocycles. The number of aromatic nitrogens is 1. The summed E-state index contributed by atoms with van der Waals surface area (Å²) in [6.45, 7) is 4.25. The number of hydrogen-bond donors (Lipinski definition) is 1. The van der Waals surface area contributed by atoms with Gasteiger partial charge in [0.15, 0.2) is 0 Å². The number of nitrogens with two attached hydrogens (primary N) is 1. The molecule has 1 aliphatic carbocycles. The van der Waals surface area contributed by atoms with Gasteiger partial charge in [-0.3, -0.25) is 4.98 Å². The molecule has 0 atom stereocenters. The molecule has 0 saturated heterocycles. The van der Waals surface area contributed by atoms with E-state index in [-0.39, 0.29) is 5.41 Å². The van der Waals surface area contributed by atoms with Crippen LogP contribution in [0.3, 0.4) is 0 Å². The summed E-state index contributed by atoms with van der Waals surface area (Å²) in [6, 6.07) is 3.95. The maximum absolute atomic E-state index is 5.98. The molecular weight excluding hydrogens is 172 g/mol. The largest absolute Gasteiger partial charge is 0.397 e. The van der Waals surface area contributed by atoms with Gasteiger partial charge in [0.2, 0.25) is 0 Å². The Morgan fingerprint density at radius 2 is 2.14 bits per heavy atom. The molecule has 0 fully saturated rings. The van der Waals surface area contributed by atoms with Crippen molar-refractivity contribution in [3.63, 3.8) is 0 Å². The van der Waals surface area contributed by atoms with Crippen LogP contribution in [0, 0.1) is 5.41 Å². The molecule has 0 bridgehead atoms. The molecule has 0 aliphatic heterocycles. The lowest BCUT2D eigenvalue weighted by molar-refractivity contribution is 0.631. The van der Waals surface area contributed by atoms with Crippen LogP contribution in [0.5, 0.6) is 0 Å². The quantitative estimate of drug-likeness (QED) is 0.675. The number of nitrogens with zero attached hydrogens (tertiary/aromatic N) is 1. The van der Waals surface area contributed by atoms with Gasteiger partial charge in [-0.25, -0.2) is 0 Å². The Hall–Kier alpha value is -1.57. The zero-order valence-corrected chi connectivity index (χ0v) is 8.49. The van der Waals surface area contributed by atoms with Crippen LogP contribution in [-0.2, 0) is 0 Å². The first-order valence-corrected chi connectivity index (χ1v) is 4.71. The van der Waals surface area contributed by atoms with Gasteiger partial charge < -0.3 is 5.73 Å². The van der Waals surface area contributed by atoms with Gasteiger partial charge in [0.1, 0.15) is 0 Å². The van der Waals surface area contributed by atoms with E-state index in [1.807, 2.05) is 18.2 Å². The first-order chi connectivity index (χ1) is 6.58. The Balaban J connectivity index is 2.62. The fourth-order valence-corrected chi connectivity index (χ4v) is 1.62. The molecule has 0 unspecified atom stereocenters. The van der Waals surface area contributed by atoms with Crippen molar-refractivity contribution >= 4 is 11.8 Å². The maximum Gasteiger partial charge on any atom is 0.0928 e. The normalized spacial score (nSPS) is 18.3. The van der Waals surface area contributed by atoms with Crippen LogP contribution in [0.1, 0.15) is 25.1 Å². The highest BCUT2D eigenvalue weighted by atomic mass is 14.7. The van der Waals surface area contributed by atoms with Crippen LogP contribution in [-0.4, -0.2) is 4.98 Å². The third-order valence-electron chi connectivity index (χ3n) is 2.33. The Bertz CT molecular complexity index is 414. The molecule has 0 amide bonds. The second-order valence-corrected chi connectivity index (χ2v) is 4.20. The van der Waals surface area contributed by atoms with Crippen molar-refractivity contribution in [3.8, 4) is 0 Å². The smallest absolute Gasteiger partial charge is 0.0928 e. The minimum atomic E-state index is 0.00475. The molecule has 2 heteroatoms. The molecule has 72 valence electrons. The SMILES string of the molecule is CC1(C)C=Cc2cccnc2C(N)=C1. The molecule has 1 heterocycles. The van der Waals surface area contributed by atoms with E-state index in [1.165, 1.54) is 0 Å². The average molecular weight is 186 g/mol. The highest BCUT2D eigenvalue weighted by Crippen LogP contribution is 2.28. The van der Waals surface area contributed by atoms with Gasteiger partial charge in [-0.1, -0.05) is 32.1 Å². The number of allylic oxidation sites excluding steroid dienone is 2. The minimum absolute atomic E-state index is 0.00475. The highest BCUT2D eigenvalue weighted by molar-refractivity contribution is 5.72. The molecule has 2 N–H and O–H groups in total. The van der Waals surface area contributed by atoms with E-state index in [4.69, 9.17) is 5.73 Å². The van der Waals surface area contributed by atoms with Crippen LogP contribution < -0.4 is 5.73 Å². The van der Waals surface area contributed by atoms with Crippen LogP contribution in [0.25, 0.3) is 11.8 Å². The van der Waals surface area contributed by atoms with E-state index < -0.39 is 0 Å². The van der Waals surface area contributed by atoms with Crippen molar-refractivity contribution in [3.05, 3.63) is 41.7 Å². The summed E-state index contributed by atoms with van der Waals surface area (Å²) in [5.74, 6) is 0. The number of hydrogen-bond acceptors (Lipinski definition) is 2. The fraction of sp³-hybridized carbons (Fsp3) is 0.250. The van der Waals surface area contributed by atoms with Crippen LogP contribution in [0.4, 0.5) is 0 Å². The summed E-state index contributed by atoms with van der Waals surface area (Å²) >= 11 is 0. The predicted octanol–water partition coefficient (Wildman–Crippen LogP) is 2.43. The lowest BCUT2D eigenvalue weighted by Crippen LogP contribution is -2.06. The summed E-state index contributed by atoms with van der Waals surface area (Å²) in [5, 5.41) is 0. The van der Waals surface area contributed by atoms with Crippen molar-refractivity contribution < 1.29 is 0 Å². The molecule has 14 heavy (non-hydrogen) atoms. The monoisotopic (exact) mass is 186 g/mol. The molecule has 0 saturated carbocycles. The van der Waals surface area contributed by atoms with Gasteiger partial charge in [-0.05, 0) is 12.1 Å². The summed E-state index contributed by atoms with van der Waals surface area (Å²) in [4.78, 5) is 4.28. The average Bonchev–Trinajstić information content (AvgIpc) is 2.24. The topological polar surface area (TPSA) is 38.9 Å². The third-order valence-corrected chi connectivity index (χ3v) is 2.33. The van der Waals surface area contributed by atoms with Crippen molar-refractivity contribution in [2.24, 2.45) is 11.1 Å². The van der Waals surface area contributed by atoms with E-state index in [2.05, 4.69) is 31.0 Å². The zero-order chi connectivity index (χ0) is 10.2. The zero-order valence-electron chi connectivity index (χ0n) is 8.49. The lowest BCUT2D eigenvalue weighted by Gasteiger charge is -2.13. The van der Waals surface area contributed by atoms with Crippen molar-refractivity contribution in [1.29, 1.82) is 0 Å². The van der Waals surface area contributed by atoms with Gasteiger partial charge in [-0.15, -0.1) is 0 Å². The number of fused-ring (bicyclic) bond motifs is 1. The second-order valence-electron chi connectivity index (χ2n) is 4.20. The first-order valence-electron chi connectivity index (χ1n) is 4.71. The summed E-state index contributed by atoms with van der Waals surface area (Å²) < 4.78 is 0. The molecule has 2 rings (SSSR count). The molecular formula is C12H14N2. The molecule has 1 aromatic heterocycles. The van der Waals surface area contributed by atoms with Crippen molar-refractivity contribution in [2.75, 3.05) is 0 Å². The van der Waals surface area contributed by atoms with Gasteiger partial charge in [0, 0.05) is 17.2 Å². The van der Waals surface area contributed by atoms with E-state index in [1.54, 1.807) is 6.20 Å². The number of rotatable bonds is 0. The van der Waals surface area contributed by atoms with Crippen LogP contribution in [0.15, 0.2) is 30.5 Å². The summed E-state index contributed by atoms with van der Waals surface area (Å²) in [7, 11) is 0. The third kappa shape index (κ3) is 1.55. The minimum Gasteiger partial charge on any atom is -0.397 e. The predicted molar refractivity (Wildman–Crippen MR) is 59.2 cm³/mol. The van der Waals surface area contributed by atoms with Crippen molar-refractivity contribution in [1.82, 2.24) is 4.98 Å². The summed E-state index contributed by atoms with van der Waals surface area (Å²) in [5.41, 5.74) is 8.72. The number of pyridine rings is 1. The molecule has 1 aromatic rings. The fourth-order valence-electron chi connectivity index (χ4n) is 1.62. The van der Waals surface area contributed by atoms with Crippen LogP contribution in [0.2, 0.25) is 0 Å². The van der Waals surface area contributed by atoms with E-state index >= 15 is 0 Å². The Morgan fingerprint density at radius 1 is 1.36 bits per heavy atom. The Morgan fingerprint density at radius 3 is 2.93 bits per heavy atom. The van der Waals surface area contributed by atoms with E-state index in [0.717, 1.165) is 17.0 Å². The van der Waals surface area contributed by atoms with Gasteiger partial charge in [0.25, 0.3) is 0 Å².